The summed E-state index contributed by atoms with van der Waals surface area (Å²) >= 11 is 0. The van der Waals surface area contributed by atoms with Gasteiger partial charge >= 0.3 is 5.97 Å². The van der Waals surface area contributed by atoms with Gasteiger partial charge in [-0.1, -0.05) is 32.4 Å². The van der Waals surface area contributed by atoms with Crippen LogP contribution in [0.25, 0.3) is 11.1 Å². The van der Waals surface area contributed by atoms with E-state index in [2.05, 4.69) is 32.0 Å². The molecule has 0 amide bonds. The van der Waals surface area contributed by atoms with Gasteiger partial charge in [0.15, 0.2) is 0 Å². The van der Waals surface area contributed by atoms with Gasteiger partial charge in [0.2, 0.25) is 0 Å². The summed E-state index contributed by atoms with van der Waals surface area (Å²) < 4.78 is 22.8. The molecule has 1 aliphatic carbocycles. The fourth-order valence-electron chi connectivity index (χ4n) is 5.16. The molecule has 2 aliphatic rings. The van der Waals surface area contributed by atoms with Crippen molar-refractivity contribution in [1.29, 1.82) is 5.26 Å². The summed E-state index contributed by atoms with van der Waals surface area (Å²) in [7, 11) is 0. The van der Waals surface area contributed by atoms with Crippen molar-refractivity contribution in [2.24, 2.45) is 5.41 Å². The summed E-state index contributed by atoms with van der Waals surface area (Å²) in [5, 5.41) is 8.95. The minimum absolute atomic E-state index is 0.167. The maximum Gasteiger partial charge on any atom is 0.343 e. The van der Waals surface area contributed by atoms with Crippen LogP contribution in [-0.4, -0.2) is 39.0 Å². The summed E-state index contributed by atoms with van der Waals surface area (Å²) in [5.41, 5.74) is 5.85. The van der Waals surface area contributed by atoms with E-state index in [0.29, 0.717) is 23.5 Å². The average molecular weight is 526 g/mol. The molecule has 0 N–H and O–H groups in total. The molecule has 0 radical (unpaired) electrons. The van der Waals surface area contributed by atoms with Crippen LogP contribution in [0.4, 0.5) is 0 Å². The number of rotatable bonds is 12. The third kappa shape index (κ3) is 6.33. The Morgan fingerprint density at radius 3 is 2.21 bits per heavy atom. The Kier molecular flexibility index (Phi) is 8.30. The zero-order valence-electron chi connectivity index (χ0n) is 22.7. The van der Waals surface area contributed by atoms with Gasteiger partial charge < -0.3 is 18.9 Å². The number of hydrogen-bond donors (Lipinski definition) is 0. The first-order chi connectivity index (χ1) is 19.0. The molecule has 3 aromatic rings. The molecular formula is C33H35NO5. The zero-order valence-corrected chi connectivity index (χ0v) is 22.7. The molecule has 5 rings (SSSR count). The van der Waals surface area contributed by atoms with Crippen LogP contribution in [0.15, 0.2) is 60.7 Å². The number of ether oxygens (including phenoxy) is 4. The third-order valence-electron chi connectivity index (χ3n) is 7.53. The van der Waals surface area contributed by atoms with Crippen LogP contribution >= 0.6 is 0 Å². The van der Waals surface area contributed by atoms with Crippen molar-refractivity contribution >= 4 is 5.97 Å². The van der Waals surface area contributed by atoms with Crippen LogP contribution in [0.3, 0.4) is 0 Å². The lowest BCUT2D eigenvalue weighted by molar-refractivity contribution is -0.137. The first-order valence-electron chi connectivity index (χ1n) is 13.7. The number of carbonyl (C=O) groups excluding carboxylic acids is 1. The lowest BCUT2D eigenvalue weighted by Gasteiger charge is -2.37. The molecule has 1 aliphatic heterocycles. The number of carbonyl (C=O) groups is 1. The van der Waals surface area contributed by atoms with Crippen molar-refractivity contribution in [2.75, 3.05) is 33.0 Å². The van der Waals surface area contributed by atoms with Gasteiger partial charge in [-0.05, 0) is 90.0 Å². The molecule has 0 bridgehead atoms. The van der Waals surface area contributed by atoms with Gasteiger partial charge in [0.1, 0.15) is 11.5 Å². The van der Waals surface area contributed by atoms with Gasteiger partial charge in [-0.3, -0.25) is 0 Å². The highest BCUT2D eigenvalue weighted by Crippen LogP contribution is 2.47. The van der Waals surface area contributed by atoms with Crippen LogP contribution in [0.1, 0.15) is 72.5 Å². The number of nitrogens with zero attached hydrogens (tertiary/aromatic N) is 1. The largest absolute Gasteiger partial charge is 0.494 e. The summed E-state index contributed by atoms with van der Waals surface area (Å²) in [5.74, 6) is 1.13. The molecule has 6 nitrogen and oxygen atoms in total. The highest BCUT2D eigenvalue weighted by Gasteiger charge is 2.33. The van der Waals surface area contributed by atoms with E-state index in [0.717, 1.165) is 69.0 Å². The fraction of sp³-hybridized carbons (Fsp3) is 0.394. The van der Waals surface area contributed by atoms with Gasteiger partial charge in [0.05, 0.1) is 43.6 Å². The van der Waals surface area contributed by atoms with Crippen molar-refractivity contribution in [3.63, 3.8) is 0 Å². The molecule has 1 heterocycles. The Hall–Kier alpha value is -3.66. The molecule has 0 spiro atoms. The van der Waals surface area contributed by atoms with Crippen LogP contribution in [-0.2, 0) is 9.47 Å². The van der Waals surface area contributed by atoms with E-state index >= 15 is 0 Å². The van der Waals surface area contributed by atoms with Crippen LogP contribution in [0.5, 0.6) is 11.5 Å². The Morgan fingerprint density at radius 2 is 1.56 bits per heavy atom. The van der Waals surface area contributed by atoms with Crippen molar-refractivity contribution in [3.05, 3.63) is 82.9 Å². The van der Waals surface area contributed by atoms with Crippen LogP contribution in [0.2, 0.25) is 0 Å². The molecule has 1 saturated heterocycles. The molecule has 202 valence electrons. The first-order valence-corrected chi connectivity index (χ1v) is 13.7. The van der Waals surface area contributed by atoms with E-state index < -0.39 is 5.97 Å². The summed E-state index contributed by atoms with van der Waals surface area (Å²) in [6.45, 7) is 8.32. The van der Waals surface area contributed by atoms with E-state index in [1.807, 2.05) is 24.3 Å². The Bertz CT molecular complexity index is 1350. The second kappa shape index (κ2) is 12.0. The SMILES string of the molecule is CC1c2cc(OCCCCCCOCC3(C)COC3)ccc2-c2ccc(OC(=O)c3ccc(C#N)cc3)cc21. The van der Waals surface area contributed by atoms with Crippen LogP contribution in [0, 0.1) is 16.7 Å². The zero-order chi connectivity index (χ0) is 27.2. The van der Waals surface area contributed by atoms with Crippen molar-refractivity contribution in [2.45, 2.75) is 45.4 Å². The molecule has 1 unspecified atom stereocenters. The fourth-order valence-corrected chi connectivity index (χ4v) is 5.16. The lowest BCUT2D eigenvalue weighted by Crippen LogP contribution is -2.43. The molecule has 0 saturated carbocycles. The number of unbranched alkanes of at least 4 members (excludes halogenated alkanes) is 3. The van der Waals surface area contributed by atoms with Gasteiger partial charge in [-0.2, -0.15) is 5.26 Å². The molecule has 6 heteroatoms. The van der Waals surface area contributed by atoms with E-state index in [4.69, 9.17) is 24.2 Å². The van der Waals surface area contributed by atoms with Crippen LogP contribution < -0.4 is 9.47 Å². The maximum atomic E-state index is 12.6. The Labute approximate surface area is 230 Å². The van der Waals surface area contributed by atoms with E-state index in [-0.39, 0.29) is 11.3 Å². The van der Waals surface area contributed by atoms with Crippen molar-refractivity contribution in [3.8, 4) is 28.7 Å². The predicted octanol–water partition coefficient (Wildman–Crippen LogP) is 6.90. The van der Waals surface area contributed by atoms with E-state index in [1.165, 1.54) is 11.1 Å². The number of esters is 1. The molecule has 1 fully saturated rings. The predicted molar refractivity (Wildman–Crippen MR) is 149 cm³/mol. The third-order valence-corrected chi connectivity index (χ3v) is 7.53. The van der Waals surface area contributed by atoms with Gasteiger partial charge in [-0.15, -0.1) is 0 Å². The van der Waals surface area contributed by atoms with E-state index in [1.54, 1.807) is 24.3 Å². The van der Waals surface area contributed by atoms with Crippen molar-refractivity contribution < 1.29 is 23.7 Å². The smallest absolute Gasteiger partial charge is 0.343 e. The molecule has 0 aromatic heterocycles. The topological polar surface area (TPSA) is 77.8 Å². The Morgan fingerprint density at radius 1 is 0.923 bits per heavy atom. The monoisotopic (exact) mass is 525 g/mol. The summed E-state index contributed by atoms with van der Waals surface area (Å²) in [6, 6.07) is 20.6. The van der Waals surface area contributed by atoms with Gasteiger partial charge in [0.25, 0.3) is 0 Å². The number of fused-ring (bicyclic) bond motifs is 3. The lowest BCUT2D eigenvalue weighted by atomic mass is 9.90. The summed E-state index contributed by atoms with van der Waals surface area (Å²) in [6.07, 6.45) is 4.37. The highest BCUT2D eigenvalue weighted by atomic mass is 16.5. The standard InChI is InChI=1S/C33H35NO5/c1-23-30-17-26(38-16-6-4-3-5-15-36-20-33(2)21-37-22-33)11-13-28(30)29-14-12-27(18-31(23)29)39-32(35)25-9-7-24(19-34)8-10-25/h7-14,17-18,23H,3-6,15-16,20-22H2,1-2H3. The second-order valence-electron chi connectivity index (χ2n) is 10.9. The molecule has 3 aromatic carbocycles. The van der Waals surface area contributed by atoms with Crippen molar-refractivity contribution in [1.82, 2.24) is 0 Å². The maximum absolute atomic E-state index is 12.6. The van der Waals surface area contributed by atoms with E-state index in [9.17, 15) is 4.79 Å². The normalized spacial score (nSPS) is 16.5. The Balaban J connectivity index is 1.09. The second-order valence-corrected chi connectivity index (χ2v) is 10.9. The number of nitriles is 1. The molecule has 39 heavy (non-hydrogen) atoms. The highest BCUT2D eigenvalue weighted by molar-refractivity contribution is 5.91. The van der Waals surface area contributed by atoms with Gasteiger partial charge in [-0.25, -0.2) is 4.79 Å². The molecule has 1 atom stereocenters. The molecular weight excluding hydrogens is 490 g/mol. The number of hydrogen-bond acceptors (Lipinski definition) is 6. The van der Waals surface area contributed by atoms with Gasteiger partial charge in [0, 0.05) is 17.9 Å². The summed E-state index contributed by atoms with van der Waals surface area (Å²) in [4.78, 5) is 12.6. The minimum Gasteiger partial charge on any atom is -0.494 e. The quantitative estimate of drug-likeness (QED) is 0.145. The minimum atomic E-state index is -0.441. The number of benzene rings is 3. The average Bonchev–Trinajstić information content (AvgIpc) is 3.21. The first kappa shape index (κ1) is 26.9.